The van der Waals surface area contributed by atoms with Crippen molar-refractivity contribution in [3.63, 3.8) is 0 Å². The molecule has 0 fully saturated rings. The van der Waals surface area contributed by atoms with Crippen molar-refractivity contribution in [3.8, 4) is 22.8 Å². The summed E-state index contributed by atoms with van der Waals surface area (Å²) >= 11 is 10.5. The minimum Gasteiger partial charge on any atom is -0.502 e. The minimum absolute atomic E-state index is 0.00959. The molecule has 0 aliphatic rings. The lowest BCUT2D eigenvalue weighted by molar-refractivity contribution is -0.385. The third kappa shape index (κ3) is 5.90. The molecule has 182 valence electrons. The third-order valence-corrected chi connectivity index (χ3v) is 6.38. The number of amides is 1. The molecule has 0 saturated carbocycles. The zero-order valence-electron chi connectivity index (χ0n) is 18.2. The first-order chi connectivity index (χ1) is 17.3. The minimum atomic E-state index is -0.765. The van der Waals surface area contributed by atoms with E-state index in [-0.39, 0.29) is 16.3 Å². The van der Waals surface area contributed by atoms with Gasteiger partial charge in [0, 0.05) is 32.4 Å². The van der Waals surface area contributed by atoms with Crippen LogP contribution in [0.15, 0.2) is 81.5 Å². The molecule has 3 aromatic carbocycles. The molecule has 0 bridgehead atoms. The summed E-state index contributed by atoms with van der Waals surface area (Å²) in [5.41, 5.74) is 3.43. The summed E-state index contributed by atoms with van der Waals surface area (Å²) in [4.78, 5) is 22.7. The normalized spacial score (nSPS) is 11.1. The largest absolute Gasteiger partial charge is 0.502 e. The van der Waals surface area contributed by atoms with Gasteiger partial charge in [-0.2, -0.15) is 5.10 Å². The smallest absolute Gasteiger partial charge is 0.312 e. The first kappa shape index (κ1) is 25.4. The van der Waals surface area contributed by atoms with E-state index < -0.39 is 22.3 Å². The number of nitrogens with zero attached hydrogens (tertiary/aromatic N) is 5. The Morgan fingerprint density at radius 1 is 1.19 bits per heavy atom. The van der Waals surface area contributed by atoms with E-state index in [9.17, 15) is 20.0 Å². The van der Waals surface area contributed by atoms with E-state index >= 15 is 0 Å². The highest BCUT2D eigenvalue weighted by molar-refractivity contribution is 9.10. The number of hydrogen-bond acceptors (Lipinski definition) is 8. The number of hydrogen-bond donors (Lipinski definition) is 2. The maximum absolute atomic E-state index is 12.4. The Labute approximate surface area is 222 Å². The molecule has 4 aromatic rings. The first-order valence-electron chi connectivity index (χ1n) is 10.2. The van der Waals surface area contributed by atoms with Crippen LogP contribution in [0.5, 0.6) is 5.75 Å². The Kier molecular flexibility index (Phi) is 7.98. The number of para-hydroxylation sites is 1. The highest BCUT2D eigenvalue weighted by Gasteiger charge is 2.19. The molecule has 0 saturated heterocycles. The van der Waals surface area contributed by atoms with Crippen LogP contribution in [-0.4, -0.2) is 42.7 Å². The fourth-order valence-corrected chi connectivity index (χ4v) is 4.53. The van der Waals surface area contributed by atoms with Gasteiger partial charge in [0.15, 0.2) is 11.0 Å². The van der Waals surface area contributed by atoms with Crippen molar-refractivity contribution in [2.24, 2.45) is 5.10 Å². The first-order valence-corrected chi connectivity index (χ1v) is 12.4. The Balaban J connectivity index is 1.50. The predicted octanol–water partition coefficient (Wildman–Crippen LogP) is 5.21. The van der Waals surface area contributed by atoms with Gasteiger partial charge < -0.3 is 5.11 Å². The number of aromatic nitrogens is 3. The number of rotatable bonds is 8. The molecule has 1 heterocycles. The number of thioether (sulfide) groups is 1. The number of benzene rings is 3. The van der Waals surface area contributed by atoms with Gasteiger partial charge in [0.25, 0.3) is 5.91 Å². The highest BCUT2D eigenvalue weighted by atomic mass is 79.9. The molecule has 13 heteroatoms. The van der Waals surface area contributed by atoms with Gasteiger partial charge in [0.1, 0.15) is 0 Å². The highest BCUT2D eigenvalue weighted by Crippen LogP contribution is 2.32. The molecule has 0 aliphatic heterocycles. The molecule has 0 radical (unpaired) electrons. The zero-order valence-corrected chi connectivity index (χ0v) is 21.4. The molecular formula is C23H16BrClN6O4S. The molecule has 4 rings (SSSR count). The van der Waals surface area contributed by atoms with Gasteiger partial charge in [0.2, 0.25) is 5.75 Å². The number of nitrogens with one attached hydrogen (secondary N) is 1. The van der Waals surface area contributed by atoms with E-state index in [4.69, 9.17) is 11.6 Å². The van der Waals surface area contributed by atoms with Crippen molar-refractivity contribution in [2.75, 3.05) is 5.75 Å². The van der Waals surface area contributed by atoms with Gasteiger partial charge in [-0.15, -0.1) is 10.2 Å². The average molecular weight is 588 g/mol. The van der Waals surface area contributed by atoms with Crippen molar-refractivity contribution in [3.05, 3.63) is 91.9 Å². The van der Waals surface area contributed by atoms with Gasteiger partial charge in [0.05, 0.1) is 16.9 Å². The standard InChI is InChI=1S/C23H16BrClN6O4S/c24-16-6-4-5-14(9-16)22-28-29-23(30(22)18-7-2-1-3-8-18)36-13-20(32)27-26-12-15-10-17(25)11-19(21(15)33)31(34)35/h1-12,33H,13H2,(H,27,32). The van der Waals surface area contributed by atoms with Crippen LogP contribution >= 0.6 is 39.3 Å². The van der Waals surface area contributed by atoms with Crippen LogP contribution in [0, 0.1) is 10.1 Å². The second-order valence-electron chi connectivity index (χ2n) is 7.19. The lowest BCUT2D eigenvalue weighted by Crippen LogP contribution is -2.20. The quantitative estimate of drug-likeness (QED) is 0.125. The average Bonchev–Trinajstić information content (AvgIpc) is 3.29. The summed E-state index contributed by atoms with van der Waals surface area (Å²) in [5, 5.41) is 34.0. The molecule has 0 aliphatic carbocycles. The molecule has 0 spiro atoms. The Morgan fingerprint density at radius 3 is 2.69 bits per heavy atom. The summed E-state index contributed by atoms with van der Waals surface area (Å²) in [6, 6.07) is 19.5. The molecule has 10 nitrogen and oxygen atoms in total. The van der Waals surface area contributed by atoms with E-state index in [1.807, 2.05) is 59.2 Å². The molecule has 0 unspecified atom stereocenters. The molecular weight excluding hydrogens is 572 g/mol. The number of carbonyl (C=O) groups is 1. The van der Waals surface area contributed by atoms with E-state index in [2.05, 4.69) is 36.7 Å². The maximum atomic E-state index is 12.4. The Bertz CT molecular complexity index is 1460. The molecule has 36 heavy (non-hydrogen) atoms. The van der Waals surface area contributed by atoms with Crippen molar-refractivity contribution >= 4 is 57.1 Å². The summed E-state index contributed by atoms with van der Waals surface area (Å²) < 4.78 is 2.75. The fraction of sp³-hybridized carbons (Fsp3) is 0.0435. The lowest BCUT2D eigenvalue weighted by atomic mass is 10.2. The van der Waals surface area contributed by atoms with E-state index in [0.29, 0.717) is 11.0 Å². The number of nitro benzene ring substituents is 1. The van der Waals surface area contributed by atoms with Crippen molar-refractivity contribution < 1.29 is 14.8 Å². The van der Waals surface area contributed by atoms with Crippen molar-refractivity contribution in [1.29, 1.82) is 0 Å². The summed E-state index contributed by atoms with van der Waals surface area (Å²) in [5.74, 6) is -0.490. The topological polar surface area (TPSA) is 136 Å². The molecule has 1 amide bonds. The maximum Gasteiger partial charge on any atom is 0.312 e. The van der Waals surface area contributed by atoms with Gasteiger partial charge in [-0.1, -0.05) is 69.6 Å². The van der Waals surface area contributed by atoms with E-state index in [0.717, 1.165) is 39.8 Å². The van der Waals surface area contributed by atoms with Gasteiger partial charge in [-0.25, -0.2) is 5.43 Å². The number of aromatic hydroxyl groups is 1. The van der Waals surface area contributed by atoms with Crippen molar-refractivity contribution in [2.45, 2.75) is 5.16 Å². The lowest BCUT2D eigenvalue weighted by Gasteiger charge is -2.10. The Hall–Kier alpha value is -3.74. The molecule has 0 atom stereocenters. The van der Waals surface area contributed by atoms with Crippen LogP contribution in [-0.2, 0) is 4.79 Å². The van der Waals surface area contributed by atoms with Gasteiger partial charge >= 0.3 is 5.69 Å². The van der Waals surface area contributed by atoms with Crippen LogP contribution in [0.25, 0.3) is 17.1 Å². The third-order valence-electron chi connectivity index (χ3n) is 4.74. The van der Waals surface area contributed by atoms with Crippen LogP contribution in [0.2, 0.25) is 5.02 Å². The molecule has 1 aromatic heterocycles. The Morgan fingerprint density at radius 2 is 1.97 bits per heavy atom. The number of nitro groups is 1. The fourth-order valence-electron chi connectivity index (χ4n) is 3.17. The summed E-state index contributed by atoms with van der Waals surface area (Å²) in [6.45, 7) is 0. The number of phenolic OH excluding ortho intramolecular Hbond substituents is 1. The zero-order chi connectivity index (χ0) is 25.7. The van der Waals surface area contributed by atoms with E-state index in [1.165, 1.54) is 6.07 Å². The van der Waals surface area contributed by atoms with Gasteiger partial charge in [-0.05, 0) is 30.3 Å². The monoisotopic (exact) mass is 586 g/mol. The predicted molar refractivity (Wildman–Crippen MR) is 141 cm³/mol. The summed E-state index contributed by atoms with van der Waals surface area (Å²) in [7, 11) is 0. The van der Waals surface area contributed by atoms with Crippen LogP contribution in [0.3, 0.4) is 0 Å². The van der Waals surface area contributed by atoms with E-state index in [1.54, 1.807) is 0 Å². The number of halogens is 2. The second kappa shape index (κ2) is 11.3. The van der Waals surface area contributed by atoms with Crippen LogP contribution < -0.4 is 5.43 Å². The van der Waals surface area contributed by atoms with Crippen LogP contribution in [0.1, 0.15) is 5.56 Å². The SMILES string of the molecule is O=C(CSc1nnc(-c2cccc(Br)c2)n1-c1ccccc1)NN=Cc1cc(Cl)cc([N+](=O)[O-])c1O. The van der Waals surface area contributed by atoms with Gasteiger partial charge in [-0.3, -0.25) is 19.5 Å². The number of carbonyl (C=O) groups excluding carboxylic acids is 1. The second-order valence-corrected chi connectivity index (χ2v) is 9.48. The summed E-state index contributed by atoms with van der Waals surface area (Å²) in [6.07, 6.45) is 1.08. The molecule has 2 N–H and O–H groups in total. The van der Waals surface area contributed by atoms with Crippen LogP contribution in [0.4, 0.5) is 5.69 Å². The number of phenols is 1. The number of hydrazone groups is 1. The van der Waals surface area contributed by atoms with Crippen molar-refractivity contribution in [1.82, 2.24) is 20.2 Å².